The predicted octanol–water partition coefficient (Wildman–Crippen LogP) is 8.82. The Bertz CT molecular complexity index is 2120. The maximum atomic E-state index is 13.3. The highest BCUT2D eigenvalue weighted by atomic mass is 16.8. The van der Waals surface area contributed by atoms with E-state index in [1.807, 2.05) is 19.1 Å². The molecule has 1 amide bonds. The van der Waals surface area contributed by atoms with Crippen molar-refractivity contribution >= 4 is 5.91 Å². The first-order chi connectivity index (χ1) is 44.3. The topological polar surface area (TPSA) is 307 Å². The molecule has 0 bridgehead atoms. The number of amides is 1. The van der Waals surface area contributed by atoms with Crippen molar-refractivity contribution in [3.05, 3.63) is 122 Å². The molecule has 3 rings (SSSR count). The van der Waals surface area contributed by atoms with E-state index in [0.29, 0.717) is 12.8 Å². The lowest BCUT2D eigenvalue weighted by molar-refractivity contribution is -0.379. The number of hydrogen-bond acceptors (Lipinski definition) is 18. The lowest BCUT2D eigenvalue weighted by Crippen LogP contribution is -2.66. The van der Waals surface area contributed by atoms with Crippen molar-refractivity contribution in [3.63, 3.8) is 0 Å². The maximum absolute atomic E-state index is 13.3. The molecule has 0 aromatic carbocycles. The fourth-order valence-electron chi connectivity index (χ4n) is 10.8. The molecule has 0 radical (unpaired) electrons. The summed E-state index contributed by atoms with van der Waals surface area (Å²) in [6.45, 7) is 1.32. The van der Waals surface area contributed by atoms with Crippen LogP contribution in [-0.4, -0.2) is 193 Å². The van der Waals surface area contributed by atoms with Crippen LogP contribution in [0.3, 0.4) is 0 Å². The van der Waals surface area contributed by atoms with E-state index in [4.69, 9.17) is 28.4 Å². The van der Waals surface area contributed by atoms with Crippen molar-refractivity contribution in [2.45, 2.75) is 298 Å². The second-order valence-electron chi connectivity index (χ2n) is 23.9. The molecule has 19 heteroatoms. The van der Waals surface area contributed by atoms with E-state index in [1.165, 1.54) is 64.2 Å². The van der Waals surface area contributed by atoms with Crippen molar-refractivity contribution in [2.75, 3.05) is 26.4 Å². The highest BCUT2D eigenvalue weighted by Crippen LogP contribution is 2.33. The molecule has 0 aromatic rings. The van der Waals surface area contributed by atoms with E-state index < -0.39 is 124 Å². The number of carbonyl (C=O) groups is 1. The summed E-state index contributed by atoms with van der Waals surface area (Å²) in [5.41, 5.74) is 0. The number of ether oxygens (including phenoxy) is 6. The number of allylic oxidation sites excluding steroid dienone is 19. The fraction of sp³-hybridized carbons (Fsp3) is 0.708. The second-order valence-corrected chi connectivity index (χ2v) is 23.9. The number of rotatable bonds is 50. The molecule has 3 fully saturated rings. The number of unbranched alkanes of at least 4 members (excludes halogenated alkanes) is 17. The number of hydrogen-bond donors (Lipinski definition) is 12. The highest BCUT2D eigenvalue weighted by Gasteiger charge is 2.53. The van der Waals surface area contributed by atoms with Crippen molar-refractivity contribution < 1.29 is 89.4 Å². The average molecular weight is 1290 g/mol. The zero-order valence-corrected chi connectivity index (χ0v) is 54.8. The van der Waals surface area contributed by atoms with E-state index in [-0.39, 0.29) is 18.9 Å². The molecule has 3 aliphatic rings. The minimum atomic E-state index is -1.99. The van der Waals surface area contributed by atoms with Gasteiger partial charge >= 0.3 is 0 Å². The first-order valence-electron chi connectivity index (χ1n) is 34.3. The summed E-state index contributed by atoms with van der Waals surface area (Å²) in [4.78, 5) is 13.3. The first kappa shape index (κ1) is 81.4. The van der Waals surface area contributed by atoms with Gasteiger partial charge in [0, 0.05) is 6.42 Å². The molecule has 91 heavy (non-hydrogen) atoms. The van der Waals surface area contributed by atoms with Crippen LogP contribution in [0.2, 0.25) is 0 Å². The molecule has 0 saturated carbocycles. The van der Waals surface area contributed by atoms with Crippen LogP contribution in [0.15, 0.2) is 122 Å². The molecule has 12 N–H and O–H groups in total. The Hall–Kier alpha value is -3.81. The minimum absolute atomic E-state index is 0.224. The third kappa shape index (κ3) is 34.4. The Morgan fingerprint density at radius 1 is 0.418 bits per heavy atom. The van der Waals surface area contributed by atoms with E-state index >= 15 is 0 Å². The van der Waals surface area contributed by atoms with Gasteiger partial charge in [-0.25, -0.2) is 0 Å². The van der Waals surface area contributed by atoms with Crippen LogP contribution in [0.25, 0.3) is 0 Å². The molecule has 0 aliphatic carbocycles. The quantitative estimate of drug-likeness (QED) is 0.0200. The normalized spacial score (nSPS) is 28.6. The van der Waals surface area contributed by atoms with E-state index in [1.54, 1.807) is 6.08 Å². The monoisotopic (exact) mass is 1290 g/mol. The van der Waals surface area contributed by atoms with Gasteiger partial charge in [-0.2, -0.15) is 0 Å². The van der Waals surface area contributed by atoms with Crippen LogP contribution in [-0.2, 0) is 33.2 Å². The van der Waals surface area contributed by atoms with Gasteiger partial charge in [-0.15, -0.1) is 0 Å². The van der Waals surface area contributed by atoms with E-state index in [9.17, 15) is 61.0 Å². The second kappa shape index (κ2) is 52.5. The lowest BCUT2D eigenvalue weighted by Gasteiger charge is -2.48. The maximum Gasteiger partial charge on any atom is 0.220 e. The van der Waals surface area contributed by atoms with Gasteiger partial charge in [0.25, 0.3) is 0 Å². The van der Waals surface area contributed by atoms with Gasteiger partial charge in [-0.3, -0.25) is 4.79 Å². The highest BCUT2D eigenvalue weighted by molar-refractivity contribution is 5.76. The molecule has 3 heterocycles. The summed E-state index contributed by atoms with van der Waals surface area (Å²) < 4.78 is 34.2. The van der Waals surface area contributed by atoms with E-state index in [2.05, 4.69) is 116 Å². The Kier molecular flexibility index (Phi) is 46.9. The first-order valence-corrected chi connectivity index (χ1v) is 34.3. The Labute approximate surface area is 544 Å². The Morgan fingerprint density at radius 3 is 1.23 bits per heavy atom. The van der Waals surface area contributed by atoms with Crippen LogP contribution >= 0.6 is 0 Å². The third-order valence-electron chi connectivity index (χ3n) is 16.3. The van der Waals surface area contributed by atoms with Crippen molar-refractivity contribution in [1.29, 1.82) is 0 Å². The van der Waals surface area contributed by atoms with Gasteiger partial charge in [-0.05, 0) is 96.8 Å². The largest absolute Gasteiger partial charge is 0.394 e. The van der Waals surface area contributed by atoms with Crippen molar-refractivity contribution in [3.8, 4) is 0 Å². The number of carbonyl (C=O) groups excluding carboxylic acids is 1. The number of aliphatic hydroxyl groups excluding tert-OH is 11. The fourth-order valence-corrected chi connectivity index (χ4v) is 10.8. The molecule has 0 spiro atoms. The van der Waals surface area contributed by atoms with Gasteiger partial charge in [0.15, 0.2) is 18.9 Å². The Balaban J connectivity index is 1.31. The lowest BCUT2D eigenvalue weighted by atomic mass is 9.96. The summed E-state index contributed by atoms with van der Waals surface area (Å²) in [5.74, 6) is -0.298. The van der Waals surface area contributed by atoms with Crippen LogP contribution < -0.4 is 5.32 Å². The molecule has 3 saturated heterocycles. The van der Waals surface area contributed by atoms with Crippen molar-refractivity contribution in [1.82, 2.24) is 5.32 Å². The van der Waals surface area contributed by atoms with Crippen LogP contribution in [0.1, 0.15) is 194 Å². The summed E-state index contributed by atoms with van der Waals surface area (Å²) in [7, 11) is 0. The van der Waals surface area contributed by atoms with Crippen LogP contribution in [0, 0.1) is 0 Å². The molecular weight excluding hydrogens is 1170 g/mol. The third-order valence-corrected chi connectivity index (χ3v) is 16.3. The average Bonchev–Trinajstić information content (AvgIpc) is 0.878. The van der Waals surface area contributed by atoms with Gasteiger partial charge < -0.3 is 89.9 Å². The van der Waals surface area contributed by atoms with Gasteiger partial charge in [0.2, 0.25) is 5.91 Å². The van der Waals surface area contributed by atoms with Crippen LogP contribution in [0.4, 0.5) is 0 Å². The molecular formula is C72H119NO18. The SMILES string of the molecule is C/C=C/CC/C=C/CC/C=C/C(O)C(COC1OC(CO)C(OC2OC(CO)C(OC3OC(CO)C(O)C(O)C3O)C(O)C2O)C(O)C1O)NC(=O)CCCCCCCCCCCCCCCCC/C=C\C/C=C\C/C=C\C/C=C\C/C=C\C/C=C\C/C=C\CC. The summed E-state index contributed by atoms with van der Waals surface area (Å²) in [5, 5.41) is 120. The van der Waals surface area contributed by atoms with Gasteiger partial charge in [0.05, 0.1) is 38.6 Å². The van der Waals surface area contributed by atoms with Crippen molar-refractivity contribution in [2.24, 2.45) is 0 Å². The van der Waals surface area contributed by atoms with E-state index in [0.717, 1.165) is 96.3 Å². The molecule has 520 valence electrons. The molecule has 17 atom stereocenters. The summed E-state index contributed by atoms with van der Waals surface area (Å²) in [6, 6.07) is -1.00. The predicted molar refractivity (Wildman–Crippen MR) is 355 cm³/mol. The smallest absolute Gasteiger partial charge is 0.220 e. The van der Waals surface area contributed by atoms with Gasteiger partial charge in [0.1, 0.15) is 73.2 Å². The zero-order valence-electron chi connectivity index (χ0n) is 54.8. The molecule has 19 nitrogen and oxygen atoms in total. The standard InChI is InChI=1S/C72H119NO18/c1-3-5-7-9-11-13-14-15-16-17-18-19-20-21-22-23-24-25-26-27-28-29-30-31-32-33-34-35-36-37-38-39-40-42-44-46-48-50-60(78)73-55(56(77)49-47-45-43-41-12-10-8-6-4-2)54-86-70-66(84)63(81)68(58(52-75)88-70)91-72-67(85)64(82)69(59(53-76)89-72)90-71-65(83)62(80)61(79)57(51-74)87-71/h4-7,11-13,15-16,18-19,21-22,24-25,27-28,41,47,49,55-59,61-72,74-77,79-85H,3,8-10,14,17,20,23,26,29-40,42-46,48,50-54H2,1-2H3,(H,73,78)/b6-4+,7-5-,13-11-,16-15-,19-18-,22-21-,25-24-,28-27-,41-12+,49-47+. The van der Waals surface area contributed by atoms with Gasteiger partial charge in [-0.1, -0.05) is 212 Å². The minimum Gasteiger partial charge on any atom is -0.394 e. The molecule has 3 aliphatic heterocycles. The van der Waals surface area contributed by atoms with Crippen LogP contribution in [0.5, 0.6) is 0 Å². The molecule has 17 unspecified atom stereocenters. The summed E-state index contributed by atoms with van der Waals surface area (Å²) in [6.07, 6.45) is 45.3. The number of nitrogens with one attached hydrogen (secondary N) is 1. The number of aliphatic hydroxyl groups is 11. The molecule has 0 aromatic heterocycles. The Morgan fingerprint density at radius 2 is 0.780 bits per heavy atom. The summed E-state index contributed by atoms with van der Waals surface area (Å²) >= 11 is 0. The zero-order chi connectivity index (χ0) is 66.1.